The zero-order chi connectivity index (χ0) is 10.1. The first-order valence-corrected chi connectivity index (χ1v) is 5.07. The summed E-state index contributed by atoms with van der Waals surface area (Å²) in [5.74, 6) is 1.04. The van der Waals surface area contributed by atoms with Crippen LogP contribution < -0.4 is 0 Å². The molecular formula is C11H20N2. The van der Waals surface area contributed by atoms with E-state index in [9.17, 15) is 0 Å². The standard InChI is InChI=1S/C11H20N2/c1-6-9-10(11(4,5)7-2)13-8(3)12-9/h6-7H2,1-5H3,(H,12,13). The van der Waals surface area contributed by atoms with E-state index in [4.69, 9.17) is 0 Å². The van der Waals surface area contributed by atoms with Gasteiger partial charge in [-0.25, -0.2) is 4.98 Å². The monoisotopic (exact) mass is 180 g/mol. The van der Waals surface area contributed by atoms with Crippen LogP contribution in [0.4, 0.5) is 0 Å². The van der Waals surface area contributed by atoms with Gasteiger partial charge in [0.05, 0.1) is 5.69 Å². The molecule has 1 heterocycles. The van der Waals surface area contributed by atoms with Crippen molar-refractivity contribution in [3.8, 4) is 0 Å². The molecule has 0 radical (unpaired) electrons. The third-order valence-electron chi connectivity index (χ3n) is 2.79. The van der Waals surface area contributed by atoms with E-state index in [-0.39, 0.29) is 5.41 Å². The molecule has 0 saturated carbocycles. The summed E-state index contributed by atoms with van der Waals surface area (Å²) in [5, 5.41) is 0. The topological polar surface area (TPSA) is 28.7 Å². The molecule has 1 rings (SSSR count). The minimum absolute atomic E-state index is 0.229. The van der Waals surface area contributed by atoms with E-state index < -0.39 is 0 Å². The first-order valence-electron chi connectivity index (χ1n) is 5.07. The SMILES string of the molecule is CCc1nc(C)[nH]c1C(C)(C)CC. The van der Waals surface area contributed by atoms with Gasteiger partial charge in [0.15, 0.2) is 0 Å². The van der Waals surface area contributed by atoms with Crippen LogP contribution in [-0.4, -0.2) is 9.97 Å². The summed E-state index contributed by atoms with van der Waals surface area (Å²) in [6.07, 6.45) is 2.16. The molecule has 0 fully saturated rings. The number of aromatic amines is 1. The van der Waals surface area contributed by atoms with Crippen molar-refractivity contribution in [3.05, 3.63) is 17.2 Å². The van der Waals surface area contributed by atoms with E-state index in [2.05, 4.69) is 37.7 Å². The molecule has 13 heavy (non-hydrogen) atoms. The lowest BCUT2D eigenvalue weighted by Gasteiger charge is -2.22. The molecule has 0 aliphatic heterocycles. The molecule has 1 N–H and O–H groups in total. The summed E-state index contributed by atoms with van der Waals surface area (Å²) in [4.78, 5) is 7.86. The number of nitrogens with one attached hydrogen (secondary N) is 1. The maximum atomic E-state index is 4.49. The van der Waals surface area contributed by atoms with E-state index in [1.54, 1.807) is 0 Å². The third kappa shape index (κ3) is 1.93. The van der Waals surface area contributed by atoms with Crippen LogP contribution in [0.1, 0.15) is 51.3 Å². The van der Waals surface area contributed by atoms with Gasteiger partial charge >= 0.3 is 0 Å². The lowest BCUT2D eigenvalue weighted by molar-refractivity contribution is 0.487. The summed E-state index contributed by atoms with van der Waals surface area (Å²) in [7, 11) is 0. The van der Waals surface area contributed by atoms with Gasteiger partial charge in [0, 0.05) is 11.1 Å². The molecule has 2 heteroatoms. The summed E-state index contributed by atoms with van der Waals surface area (Å²) in [6, 6.07) is 0. The maximum Gasteiger partial charge on any atom is 0.103 e. The van der Waals surface area contributed by atoms with Crippen LogP contribution in [0.2, 0.25) is 0 Å². The van der Waals surface area contributed by atoms with Crippen molar-refractivity contribution in [1.82, 2.24) is 9.97 Å². The zero-order valence-electron chi connectivity index (χ0n) is 9.36. The van der Waals surface area contributed by atoms with Gasteiger partial charge in [-0.05, 0) is 19.8 Å². The van der Waals surface area contributed by atoms with Crippen LogP contribution >= 0.6 is 0 Å². The third-order valence-corrected chi connectivity index (χ3v) is 2.79. The molecule has 0 spiro atoms. The molecule has 0 amide bonds. The Hall–Kier alpha value is -0.790. The fraction of sp³-hybridized carbons (Fsp3) is 0.727. The number of rotatable bonds is 3. The Labute approximate surface area is 80.8 Å². The highest BCUT2D eigenvalue weighted by Crippen LogP contribution is 2.28. The first kappa shape index (κ1) is 10.3. The Morgan fingerprint density at radius 2 is 1.92 bits per heavy atom. The smallest absolute Gasteiger partial charge is 0.103 e. The van der Waals surface area contributed by atoms with Crippen molar-refractivity contribution in [2.75, 3.05) is 0 Å². The highest BCUT2D eigenvalue weighted by Gasteiger charge is 2.23. The quantitative estimate of drug-likeness (QED) is 0.761. The number of hydrogen-bond donors (Lipinski definition) is 1. The Morgan fingerprint density at radius 1 is 1.31 bits per heavy atom. The molecule has 0 aliphatic carbocycles. The van der Waals surface area contributed by atoms with Gasteiger partial charge in [-0.2, -0.15) is 0 Å². The molecule has 0 unspecified atom stereocenters. The molecule has 1 aromatic rings. The second-order valence-electron chi connectivity index (χ2n) is 4.23. The molecule has 0 saturated heterocycles. The molecule has 0 aromatic carbocycles. The first-order chi connectivity index (χ1) is 6.01. The molecule has 2 nitrogen and oxygen atoms in total. The Kier molecular flexibility index (Phi) is 2.79. The molecule has 0 aliphatic rings. The van der Waals surface area contributed by atoms with Crippen LogP contribution in [0.15, 0.2) is 0 Å². The highest BCUT2D eigenvalue weighted by molar-refractivity contribution is 5.22. The lowest BCUT2D eigenvalue weighted by Crippen LogP contribution is -2.18. The highest BCUT2D eigenvalue weighted by atomic mass is 14.9. The van der Waals surface area contributed by atoms with Crippen LogP contribution in [0.5, 0.6) is 0 Å². The van der Waals surface area contributed by atoms with Crippen molar-refractivity contribution in [3.63, 3.8) is 0 Å². The minimum Gasteiger partial charge on any atom is -0.345 e. The Morgan fingerprint density at radius 3 is 2.38 bits per heavy atom. The summed E-state index contributed by atoms with van der Waals surface area (Å²) in [6.45, 7) is 10.9. The zero-order valence-corrected chi connectivity index (χ0v) is 9.36. The molecule has 1 aromatic heterocycles. The molecule has 74 valence electrons. The number of aromatic nitrogens is 2. The number of H-pyrrole nitrogens is 1. The molecule has 0 bridgehead atoms. The summed E-state index contributed by atoms with van der Waals surface area (Å²) >= 11 is 0. The largest absolute Gasteiger partial charge is 0.345 e. The lowest BCUT2D eigenvalue weighted by atomic mass is 9.85. The fourth-order valence-electron chi connectivity index (χ4n) is 1.53. The summed E-state index contributed by atoms with van der Waals surface area (Å²) in [5.41, 5.74) is 2.77. The summed E-state index contributed by atoms with van der Waals surface area (Å²) < 4.78 is 0. The fourth-order valence-corrected chi connectivity index (χ4v) is 1.53. The maximum absolute atomic E-state index is 4.49. The average molecular weight is 180 g/mol. The normalized spacial score (nSPS) is 12.1. The van der Waals surface area contributed by atoms with E-state index in [1.807, 2.05) is 6.92 Å². The second-order valence-corrected chi connectivity index (χ2v) is 4.23. The second kappa shape index (κ2) is 3.52. The van der Waals surface area contributed by atoms with Crippen molar-refractivity contribution < 1.29 is 0 Å². The van der Waals surface area contributed by atoms with E-state index in [0.29, 0.717) is 0 Å². The van der Waals surface area contributed by atoms with E-state index in [0.717, 1.165) is 18.7 Å². The average Bonchev–Trinajstić information content (AvgIpc) is 2.47. The molecular weight excluding hydrogens is 160 g/mol. The van der Waals surface area contributed by atoms with Crippen molar-refractivity contribution in [1.29, 1.82) is 0 Å². The van der Waals surface area contributed by atoms with Crippen LogP contribution in [0.25, 0.3) is 0 Å². The van der Waals surface area contributed by atoms with Crippen molar-refractivity contribution in [2.24, 2.45) is 0 Å². The van der Waals surface area contributed by atoms with Crippen molar-refractivity contribution in [2.45, 2.75) is 52.9 Å². The van der Waals surface area contributed by atoms with Gasteiger partial charge in [0.1, 0.15) is 5.82 Å². The number of nitrogens with zero attached hydrogens (tertiary/aromatic N) is 1. The Balaban J connectivity index is 3.12. The number of aryl methyl sites for hydroxylation is 2. The number of imidazole rings is 1. The Bertz CT molecular complexity index is 284. The van der Waals surface area contributed by atoms with Gasteiger partial charge < -0.3 is 4.98 Å². The van der Waals surface area contributed by atoms with Crippen LogP contribution in [0, 0.1) is 6.92 Å². The van der Waals surface area contributed by atoms with Crippen molar-refractivity contribution >= 4 is 0 Å². The number of hydrogen-bond acceptors (Lipinski definition) is 1. The van der Waals surface area contributed by atoms with Gasteiger partial charge in [-0.15, -0.1) is 0 Å². The molecule has 0 atom stereocenters. The minimum atomic E-state index is 0.229. The predicted molar refractivity (Wildman–Crippen MR) is 56.0 cm³/mol. The van der Waals surface area contributed by atoms with E-state index in [1.165, 1.54) is 11.4 Å². The van der Waals surface area contributed by atoms with E-state index >= 15 is 0 Å². The van der Waals surface area contributed by atoms with Crippen LogP contribution in [-0.2, 0) is 11.8 Å². The van der Waals surface area contributed by atoms with Gasteiger partial charge in [0.25, 0.3) is 0 Å². The van der Waals surface area contributed by atoms with Gasteiger partial charge in [-0.3, -0.25) is 0 Å². The van der Waals surface area contributed by atoms with Gasteiger partial charge in [-0.1, -0.05) is 27.7 Å². The van der Waals surface area contributed by atoms with Crippen LogP contribution in [0.3, 0.4) is 0 Å². The van der Waals surface area contributed by atoms with Gasteiger partial charge in [0.2, 0.25) is 0 Å². The predicted octanol–water partition coefficient (Wildman–Crippen LogP) is 2.97.